The Balaban J connectivity index is 2.16. The first-order chi connectivity index (χ1) is 11.4. The summed E-state index contributed by atoms with van der Waals surface area (Å²) in [6.07, 6.45) is 0.709. The molecule has 0 fully saturated rings. The predicted octanol–water partition coefficient (Wildman–Crippen LogP) is 2.91. The van der Waals surface area contributed by atoms with Crippen LogP contribution in [0.2, 0.25) is 0 Å². The minimum atomic E-state index is -1.15. The number of hydrogen-bond acceptors (Lipinski definition) is 5. The molecule has 0 bridgehead atoms. The Morgan fingerprint density at radius 1 is 1.33 bits per heavy atom. The number of halogens is 1. The second kappa shape index (κ2) is 5.84. The van der Waals surface area contributed by atoms with Gasteiger partial charge in [0.05, 0.1) is 12.1 Å². The van der Waals surface area contributed by atoms with Crippen LogP contribution in [-0.4, -0.2) is 32.7 Å². The molecule has 0 atom stereocenters. The molecule has 1 aromatic heterocycles. The van der Waals surface area contributed by atoms with E-state index in [1.807, 2.05) is 0 Å². The first kappa shape index (κ1) is 15.8. The maximum absolute atomic E-state index is 13.8. The Kier molecular flexibility index (Phi) is 3.84. The molecule has 122 valence electrons. The van der Waals surface area contributed by atoms with Gasteiger partial charge in [-0.25, -0.2) is 9.38 Å². The summed E-state index contributed by atoms with van der Waals surface area (Å²) in [5, 5.41) is 19.0. The van der Waals surface area contributed by atoms with Crippen molar-refractivity contribution in [3.63, 3.8) is 0 Å². The molecule has 7 heteroatoms. The Bertz CT molecular complexity index is 879. The third-order valence-corrected chi connectivity index (χ3v) is 3.87. The highest BCUT2D eigenvalue weighted by molar-refractivity contribution is 6.19. The molecule has 2 aliphatic rings. The molecule has 2 heterocycles. The number of rotatable bonds is 4. The lowest BCUT2D eigenvalue weighted by Crippen LogP contribution is -2.14. The maximum atomic E-state index is 13.8. The first-order valence-corrected chi connectivity index (χ1v) is 7.18. The average Bonchev–Trinajstić information content (AvgIpc) is 2.90. The molecule has 3 rings (SSSR count). The number of nitrogens with zero attached hydrogens (tertiary/aromatic N) is 2. The molecule has 1 aromatic rings. The van der Waals surface area contributed by atoms with Gasteiger partial charge in [-0.05, 0) is 19.1 Å². The summed E-state index contributed by atoms with van der Waals surface area (Å²) >= 11 is 0. The largest absolute Gasteiger partial charge is 0.505 e. The Hall–Kier alpha value is -3.09. The Morgan fingerprint density at radius 3 is 2.71 bits per heavy atom. The fourth-order valence-electron chi connectivity index (χ4n) is 2.80. The van der Waals surface area contributed by atoms with Gasteiger partial charge in [-0.3, -0.25) is 14.6 Å². The van der Waals surface area contributed by atoms with Crippen molar-refractivity contribution >= 4 is 17.5 Å². The lowest BCUT2D eigenvalue weighted by atomic mass is 9.88. The van der Waals surface area contributed by atoms with Crippen molar-refractivity contribution < 1.29 is 24.2 Å². The smallest absolute Gasteiger partial charge is 0.307 e. The van der Waals surface area contributed by atoms with Gasteiger partial charge in [0.25, 0.3) is 0 Å². The number of pyridine rings is 1. The maximum Gasteiger partial charge on any atom is 0.307 e. The van der Waals surface area contributed by atoms with Crippen LogP contribution in [0.3, 0.4) is 0 Å². The minimum Gasteiger partial charge on any atom is -0.505 e. The summed E-state index contributed by atoms with van der Waals surface area (Å²) in [5.74, 6) is -2.97. The van der Waals surface area contributed by atoms with E-state index in [1.165, 1.54) is 19.2 Å². The fourth-order valence-corrected chi connectivity index (χ4v) is 2.80. The van der Waals surface area contributed by atoms with Gasteiger partial charge in [0.1, 0.15) is 17.2 Å². The lowest BCUT2D eigenvalue weighted by molar-refractivity contribution is -0.136. The number of aliphatic hydroxyl groups excluding tert-OH is 1. The summed E-state index contributed by atoms with van der Waals surface area (Å²) in [5.41, 5.74) is 0.980. The van der Waals surface area contributed by atoms with E-state index in [-0.39, 0.29) is 34.7 Å². The van der Waals surface area contributed by atoms with Gasteiger partial charge in [-0.1, -0.05) is 6.07 Å². The average molecular weight is 328 g/mol. The molecule has 0 aromatic carbocycles. The second-order valence-electron chi connectivity index (χ2n) is 5.43. The van der Waals surface area contributed by atoms with E-state index in [0.29, 0.717) is 5.57 Å². The second-order valence-corrected chi connectivity index (χ2v) is 5.43. The van der Waals surface area contributed by atoms with Gasteiger partial charge in [0.15, 0.2) is 5.76 Å². The molecule has 1 aliphatic carbocycles. The van der Waals surface area contributed by atoms with Crippen LogP contribution in [0.5, 0.6) is 0 Å². The molecular weight excluding hydrogens is 315 g/mol. The van der Waals surface area contributed by atoms with Crippen molar-refractivity contribution in [1.29, 1.82) is 0 Å². The molecule has 6 nitrogen and oxygen atoms in total. The van der Waals surface area contributed by atoms with Crippen molar-refractivity contribution in [2.75, 3.05) is 0 Å². The van der Waals surface area contributed by atoms with E-state index in [0.717, 1.165) is 0 Å². The summed E-state index contributed by atoms with van der Waals surface area (Å²) in [4.78, 5) is 32.0. The van der Waals surface area contributed by atoms with Gasteiger partial charge in [-0.2, -0.15) is 0 Å². The van der Waals surface area contributed by atoms with E-state index in [4.69, 9.17) is 5.11 Å². The molecule has 24 heavy (non-hydrogen) atoms. The molecule has 0 saturated heterocycles. The van der Waals surface area contributed by atoms with Gasteiger partial charge >= 0.3 is 5.97 Å². The zero-order valence-corrected chi connectivity index (χ0v) is 12.7. The quantitative estimate of drug-likeness (QED) is 0.828. The number of carboxylic acids is 1. The number of aliphatic hydroxyl groups is 1. The number of allylic oxidation sites excluding steroid dienone is 4. The van der Waals surface area contributed by atoms with Crippen molar-refractivity contribution in [2.45, 2.75) is 19.8 Å². The van der Waals surface area contributed by atoms with Crippen LogP contribution in [0, 0.1) is 0 Å². The number of carbonyl (C=O) groups excluding carboxylic acids is 1. The monoisotopic (exact) mass is 328 g/mol. The van der Waals surface area contributed by atoms with Crippen LogP contribution >= 0.6 is 0 Å². The zero-order chi connectivity index (χ0) is 17.4. The first-order valence-electron chi connectivity index (χ1n) is 7.18. The summed E-state index contributed by atoms with van der Waals surface area (Å²) < 4.78 is 13.8. The molecular formula is C17H13FN2O4. The molecule has 2 N–H and O–H groups in total. The SMILES string of the molecule is CC1=C2C(=NC(C(=O)c3ccccn3)=C2CC(=O)O)CC(F)=C1O. The number of Topliss-reactive ketones (excluding diaryl/α,β-unsaturated/α-hetero) is 1. The number of carbonyl (C=O) groups is 2. The normalized spacial score (nSPS) is 17.2. The van der Waals surface area contributed by atoms with Crippen molar-refractivity contribution in [3.05, 3.63) is 64.1 Å². The number of carboxylic acid groups (broad SMARTS) is 1. The summed E-state index contributed by atoms with van der Waals surface area (Å²) in [7, 11) is 0. The third-order valence-electron chi connectivity index (χ3n) is 3.87. The number of aromatic nitrogens is 1. The van der Waals surface area contributed by atoms with Gasteiger partial charge < -0.3 is 10.2 Å². The highest BCUT2D eigenvalue weighted by Gasteiger charge is 2.35. The van der Waals surface area contributed by atoms with E-state index >= 15 is 0 Å². The topological polar surface area (TPSA) is 99.9 Å². The summed E-state index contributed by atoms with van der Waals surface area (Å²) in [6, 6.07) is 4.77. The highest BCUT2D eigenvalue weighted by Crippen LogP contribution is 2.39. The highest BCUT2D eigenvalue weighted by atomic mass is 19.1. The predicted molar refractivity (Wildman–Crippen MR) is 83.4 cm³/mol. The fraction of sp³-hybridized carbons (Fsp3) is 0.176. The number of aliphatic carboxylic acids is 1. The van der Waals surface area contributed by atoms with Gasteiger partial charge in [-0.15, -0.1) is 0 Å². The van der Waals surface area contributed by atoms with Crippen LogP contribution in [0.25, 0.3) is 0 Å². The zero-order valence-electron chi connectivity index (χ0n) is 12.7. The third kappa shape index (κ3) is 2.54. The van der Waals surface area contributed by atoms with Crippen LogP contribution in [0.15, 0.2) is 63.4 Å². The Morgan fingerprint density at radius 2 is 2.08 bits per heavy atom. The van der Waals surface area contributed by atoms with Crippen LogP contribution in [0.4, 0.5) is 4.39 Å². The van der Waals surface area contributed by atoms with Crippen LogP contribution in [-0.2, 0) is 4.79 Å². The van der Waals surface area contributed by atoms with Crippen molar-refractivity contribution in [1.82, 2.24) is 4.98 Å². The van der Waals surface area contributed by atoms with Gasteiger partial charge in [0, 0.05) is 29.3 Å². The van der Waals surface area contributed by atoms with Crippen molar-refractivity contribution in [2.24, 2.45) is 4.99 Å². The molecule has 1 aliphatic heterocycles. The van der Waals surface area contributed by atoms with E-state index in [9.17, 15) is 19.1 Å². The van der Waals surface area contributed by atoms with Gasteiger partial charge in [0.2, 0.25) is 5.78 Å². The molecule has 0 unspecified atom stereocenters. The molecule has 0 spiro atoms. The van der Waals surface area contributed by atoms with E-state index in [2.05, 4.69) is 9.98 Å². The van der Waals surface area contributed by atoms with E-state index < -0.39 is 29.8 Å². The van der Waals surface area contributed by atoms with Crippen molar-refractivity contribution in [3.8, 4) is 0 Å². The number of ketones is 1. The van der Waals surface area contributed by atoms with Crippen LogP contribution in [0.1, 0.15) is 30.3 Å². The molecule has 0 radical (unpaired) electrons. The Labute approximate surface area is 136 Å². The number of fused-ring (bicyclic) bond motifs is 1. The lowest BCUT2D eigenvalue weighted by Gasteiger charge is -2.17. The standard InChI is InChI=1S/C17H13FN2O4/c1-8-14-9(6-13(21)22)15(17(24)11-4-2-3-5-19-11)20-12(14)7-10(18)16(8)23/h2-5,23H,6-7H2,1H3,(H,21,22). The number of hydrogen-bond donors (Lipinski definition) is 2. The van der Waals surface area contributed by atoms with E-state index in [1.54, 1.807) is 12.1 Å². The molecule has 0 saturated carbocycles. The summed E-state index contributed by atoms with van der Waals surface area (Å²) in [6.45, 7) is 1.47. The van der Waals surface area contributed by atoms with Crippen LogP contribution < -0.4 is 0 Å². The molecule has 0 amide bonds. The minimum absolute atomic E-state index is 0.0667. The number of aliphatic imine (C=N–C) groups is 1.